The molecule has 2 unspecified atom stereocenters. The van der Waals surface area contributed by atoms with E-state index < -0.39 is 12.5 Å². The van der Waals surface area contributed by atoms with E-state index in [1.54, 1.807) is 13.8 Å². The van der Waals surface area contributed by atoms with Gasteiger partial charge >= 0.3 is 0 Å². The van der Waals surface area contributed by atoms with Gasteiger partial charge in [0.15, 0.2) is 19.0 Å². The fourth-order valence-electron chi connectivity index (χ4n) is 3.28. The highest BCUT2D eigenvalue weighted by atomic mass is 16.3. The van der Waals surface area contributed by atoms with Gasteiger partial charge in [0, 0.05) is 25.1 Å². The Balaban J connectivity index is 2.27. The van der Waals surface area contributed by atoms with Gasteiger partial charge in [0.25, 0.3) is 5.91 Å². The first kappa shape index (κ1) is 20.1. The molecule has 0 saturated carbocycles. The van der Waals surface area contributed by atoms with Crippen LogP contribution in [0.1, 0.15) is 30.5 Å². The molecular formula is C21H29N2O3+. The van der Waals surface area contributed by atoms with Gasteiger partial charge in [0.2, 0.25) is 0 Å². The first-order valence-electron chi connectivity index (χ1n) is 8.89. The van der Waals surface area contributed by atoms with Crippen molar-refractivity contribution < 1.29 is 19.5 Å². The average molecular weight is 357 g/mol. The Morgan fingerprint density at radius 1 is 0.962 bits per heavy atom. The molecule has 0 radical (unpaired) electrons. The van der Waals surface area contributed by atoms with E-state index in [9.17, 15) is 15.0 Å². The van der Waals surface area contributed by atoms with E-state index in [1.807, 2.05) is 62.4 Å². The first-order chi connectivity index (χ1) is 12.3. The highest BCUT2D eigenvalue weighted by molar-refractivity contribution is 5.93. The van der Waals surface area contributed by atoms with Crippen LogP contribution in [0.25, 0.3) is 0 Å². The molecule has 0 spiro atoms. The number of rotatable bonds is 7. The van der Waals surface area contributed by atoms with E-state index in [0.717, 1.165) is 22.4 Å². The van der Waals surface area contributed by atoms with E-state index in [2.05, 4.69) is 5.32 Å². The molecule has 0 bridgehead atoms. The Bertz CT molecular complexity index is 714. The van der Waals surface area contributed by atoms with Crippen LogP contribution in [-0.2, 0) is 11.3 Å². The average Bonchev–Trinajstić information content (AvgIpc) is 2.58. The number of benzene rings is 2. The van der Waals surface area contributed by atoms with Crippen molar-refractivity contribution in [2.75, 3.05) is 11.9 Å². The SMILES string of the molecule is Cc1cccc(C)c1NC(=O)C[N+](Cc1ccccc1)(C(C)O)C(C)O. The van der Waals surface area contributed by atoms with Gasteiger partial charge in [-0.15, -0.1) is 0 Å². The van der Waals surface area contributed by atoms with Crippen molar-refractivity contribution in [3.63, 3.8) is 0 Å². The summed E-state index contributed by atoms with van der Waals surface area (Å²) in [6, 6.07) is 15.4. The number of hydrogen-bond donors (Lipinski definition) is 3. The van der Waals surface area contributed by atoms with Gasteiger partial charge in [0.05, 0.1) is 0 Å². The zero-order valence-electron chi connectivity index (χ0n) is 15.9. The number of aryl methyl sites for hydroxylation is 2. The van der Waals surface area contributed by atoms with E-state index in [4.69, 9.17) is 0 Å². The van der Waals surface area contributed by atoms with Gasteiger partial charge in [0.1, 0.15) is 6.54 Å². The van der Waals surface area contributed by atoms with Crippen LogP contribution in [0.3, 0.4) is 0 Å². The number of nitrogens with zero attached hydrogens (tertiary/aromatic N) is 1. The Morgan fingerprint density at radius 3 is 2.00 bits per heavy atom. The Hall–Kier alpha value is -2.21. The number of anilines is 1. The number of hydrogen-bond acceptors (Lipinski definition) is 3. The summed E-state index contributed by atoms with van der Waals surface area (Å²) < 4.78 is -0.152. The predicted molar refractivity (Wildman–Crippen MR) is 103 cm³/mol. The van der Waals surface area contributed by atoms with E-state index in [1.165, 1.54) is 0 Å². The molecule has 0 saturated heterocycles. The normalized spacial score (nSPS) is 15.8. The smallest absolute Gasteiger partial charge is 0.279 e. The predicted octanol–water partition coefficient (Wildman–Crippen LogP) is 2.94. The number of amides is 1. The van der Waals surface area contributed by atoms with Crippen molar-refractivity contribution in [2.24, 2.45) is 0 Å². The lowest BCUT2D eigenvalue weighted by Crippen LogP contribution is -2.61. The minimum Gasteiger partial charge on any atom is -0.345 e. The molecule has 2 atom stereocenters. The monoisotopic (exact) mass is 357 g/mol. The molecule has 5 nitrogen and oxygen atoms in total. The molecule has 2 aromatic carbocycles. The quantitative estimate of drug-likeness (QED) is 0.527. The molecule has 26 heavy (non-hydrogen) atoms. The molecule has 140 valence electrons. The maximum Gasteiger partial charge on any atom is 0.279 e. The molecule has 3 N–H and O–H groups in total. The topological polar surface area (TPSA) is 69.6 Å². The molecule has 0 aromatic heterocycles. The van der Waals surface area contributed by atoms with Crippen LogP contribution in [0.15, 0.2) is 48.5 Å². The molecule has 0 fully saturated rings. The van der Waals surface area contributed by atoms with E-state index in [-0.39, 0.29) is 16.9 Å². The number of quaternary nitrogens is 1. The standard InChI is InChI=1S/C21H28N2O3/c1-15-9-8-10-16(2)21(15)22-20(26)14-23(17(3)24,18(4)25)13-19-11-6-5-7-12-19/h5-12,17-18,24-25H,13-14H2,1-4H3/p+1. The summed E-state index contributed by atoms with van der Waals surface area (Å²) in [6.07, 6.45) is -1.81. The summed E-state index contributed by atoms with van der Waals surface area (Å²) in [5, 5.41) is 23.9. The minimum atomic E-state index is -0.904. The van der Waals surface area contributed by atoms with E-state index in [0.29, 0.717) is 6.54 Å². The fourth-order valence-corrected chi connectivity index (χ4v) is 3.28. The third-order valence-electron chi connectivity index (χ3n) is 4.99. The van der Waals surface area contributed by atoms with Crippen molar-refractivity contribution in [3.8, 4) is 0 Å². The van der Waals surface area contributed by atoms with E-state index >= 15 is 0 Å². The lowest BCUT2D eigenvalue weighted by atomic mass is 10.1. The van der Waals surface area contributed by atoms with Crippen molar-refractivity contribution in [1.82, 2.24) is 0 Å². The summed E-state index contributed by atoms with van der Waals surface area (Å²) in [6.45, 7) is 7.44. The number of aliphatic hydroxyl groups excluding tert-OH is 2. The number of aliphatic hydroxyl groups is 2. The second-order valence-corrected chi connectivity index (χ2v) is 6.98. The molecule has 0 heterocycles. The summed E-state index contributed by atoms with van der Waals surface area (Å²) in [5.74, 6) is -0.236. The summed E-state index contributed by atoms with van der Waals surface area (Å²) in [5.41, 5.74) is 3.70. The maximum atomic E-state index is 12.8. The van der Waals surface area contributed by atoms with Gasteiger partial charge < -0.3 is 15.5 Å². The Kier molecular flexibility index (Phi) is 6.53. The molecule has 0 aliphatic carbocycles. The van der Waals surface area contributed by atoms with Gasteiger partial charge in [-0.1, -0.05) is 48.5 Å². The highest BCUT2D eigenvalue weighted by Crippen LogP contribution is 2.24. The second kappa shape index (κ2) is 8.45. The van der Waals surface area contributed by atoms with Gasteiger partial charge in [-0.3, -0.25) is 9.28 Å². The van der Waals surface area contributed by atoms with Crippen molar-refractivity contribution in [3.05, 3.63) is 65.2 Å². The second-order valence-electron chi connectivity index (χ2n) is 6.98. The summed E-state index contributed by atoms with van der Waals surface area (Å²) in [4.78, 5) is 12.8. The van der Waals surface area contributed by atoms with Crippen LogP contribution in [-0.4, -0.2) is 39.6 Å². The Morgan fingerprint density at radius 2 is 1.50 bits per heavy atom. The molecule has 0 aliphatic rings. The Labute approximate surface area is 155 Å². The van der Waals surface area contributed by atoms with Crippen LogP contribution in [0.5, 0.6) is 0 Å². The number of carbonyl (C=O) groups excluding carboxylic acids is 1. The van der Waals surface area contributed by atoms with Crippen molar-refractivity contribution in [1.29, 1.82) is 0 Å². The lowest BCUT2D eigenvalue weighted by Gasteiger charge is -2.42. The fraction of sp³-hybridized carbons (Fsp3) is 0.381. The molecule has 2 aromatic rings. The van der Waals surface area contributed by atoms with Crippen molar-refractivity contribution >= 4 is 11.6 Å². The maximum absolute atomic E-state index is 12.8. The number of para-hydroxylation sites is 1. The van der Waals surface area contributed by atoms with Crippen LogP contribution >= 0.6 is 0 Å². The van der Waals surface area contributed by atoms with Crippen molar-refractivity contribution in [2.45, 2.75) is 46.7 Å². The molecule has 1 amide bonds. The highest BCUT2D eigenvalue weighted by Gasteiger charge is 2.40. The summed E-state index contributed by atoms with van der Waals surface area (Å²) in [7, 11) is 0. The zero-order chi connectivity index (χ0) is 19.3. The molecular weight excluding hydrogens is 328 g/mol. The summed E-state index contributed by atoms with van der Waals surface area (Å²) >= 11 is 0. The van der Waals surface area contributed by atoms with Crippen LogP contribution in [0.2, 0.25) is 0 Å². The minimum absolute atomic E-state index is 0.0298. The molecule has 5 heteroatoms. The molecule has 2 rings (SSSR count). The van der Waals surface area contributed by atoms with Crippen LogP contribution in [0, 0.1) is 13.8 Å². The van der Waals surface area contributed by atoms with Gasteiger partial charge in [-0.05, 0) is 25.0 Å². The van der Waals surface area contributed by atoms with Crippen LogP contribution < -0.4 is 5.32 Å². The number of carbonyl (C=O) groups is 1. The first-order valence-corrected chi connectivity index (χ1v) is 8.89. The molecule has 0 aliphatic heterocycles. The van der Waals surface area contributed by atoms with Gasteiger partial charge in [-0.2, -0.15) is 0 Å². The zero-order valence-corrected chi connectivity index (χ0v) is 15.9. The number of nitrogens with one attached hydrogen (secondary N) is 1. The van der Waals surface area contributed by atoms with Crippen LogP contribution in [0.4, 0.5) is 5.69 Å². The lowest BCUT2D eigenvalue weighted by molar-refractivity contribution is -1.01. The van der Waals surface area contributed by atoms with Gasteiger partial charge in [-0.25, -0.2) is 0 Å². The third kappa shape index (κ3) is 4.49. The largest absolute Gasteiger partial charge is 0.345 e. The third-order valence-corrected chi connectivity index (χ3v) is 4.99.